The molecule has 2 aliphatic heterocycles. The largest absolute Gasteiger partial charge is 0.401 e. The molecule has 1 unspecified atom stereocenters. The van der Waals surface area contributed by atoms with Crippen molar-refractivity contribution in [3.8, 4) is 0 Å². The van der Waals surface area contributed by atoms with Crippen LogP contribution in [-0.2, 0) is 10.8 Å². The fourth-order valence-electron chi connectivity index (χ4n) is 7.81. The van der Waals surface area contributed by atoms with Gasteiger partial charge in [0.05, 0.1) is 11.7 Å². The van der Waals surface area contributed by atoms with Crippen LogP contribution in [0.2, 0.25) is 0 Å². The zero-order valence-corrected chi connectivity index (χ0v) is 28.9. The number of aliphatic hydroxyl groups is 1. The molecular weight excluding hydrogens is 566 g/mol. The molecule has 2 aromatic carbocycles. The van der Waals surface area contributed by atoms with Gasteiger partial charge in [0.2, 0.25) is 0 Å². The van der Waals surface area contributed by atoms with Crippen molar-refractivity contribution in [2.45, 2.75) is 96.9 Å². The van der Waals surface area contributed by atoms with Crippen LogP contribution in [0, 0.1) is 0 Å². The summed E-state index contributed by atoms with van der Waals surface area (Å²) in [5.74, 6) is 6.84. The van der Waals surface area contributed by atoms with Crippen molar-refractivity contribution in [2.24, 2.45) is 11.6 Å². The van der Waals surface area contributed by atoms with Crippen LogP contribution >= 0.6 is 0 Å². The quantitative estimate of drug-likeness (QED) is 0.175. The normalized spacial score (nSPS) is 22.3. The second kappa shape index (κ2) is 13.9. The smallest absolute Gasteiger partial charge is 0.0632 e. The number of nitrogens with zero attached hydrogens (tertiary/aromatic N) is 3. The number of para-hydroxylation sites is 2. The Hall–Kier alpha value is -3.74. The number of fused-ring (bicyclic) bond motifs is 2. The minimum Gasteiger partial charge on any atom is -0.401 e. The van der Waals surface area contributed by atoms with Crippen LogP contribution < -0.4 is 21.4 Å². The van der Waals surface area contributed by atoms with Gasteiger partial charge in [-0.2, -0.15) is 0 Å². The van der Waals surface area contributed by atoms with Crippen molar-refractivity contribution < 1.29 is 5.11 Å². The number of allylic oxidation sites excluding steroid dienone is 6. The van der Waals surface area contributed by atoms with E-state index < -0.39 is 0 Å². The van der Waals surface area contributed by atoms with Crippen molar-refractivity contribution in [1.82, 2.24) is 5.01 Å². The van der Waals surface area contributed by atoms with Crippen molar-refractivity contribution in [3.05, 3.63) is 118 Å². The van der Waals surface area contributed by atoms with Gasteiger partial charge in [-0.25, -0.2) is 5.84 Å². The van der Waals surface area contributed by atoms with Gasteiger partial charge in [0, 0.05) is 65.9 Å². The van der Waals surface area contributed by atoms with E-state index >= 15 is 0 Å². The van der Waals surface area contributed by atoms with E-state index in [2.05, 4.69) is 124 Å². The number of hydrogen-bond acceptors (Lipinski definition) is 6. The molecule has 5 rings (SSSR count). The van der Waals surface area contributed by atoms with Gasteiger partial charge in [0.1, 0.15) is 0 Å². The summed E-state index contributed by atoms with van der Waals surface area (Å²) in [5.41, 5.74) is 16.9. The first-order valence-electron chi connectivity index (χ1n) is 17.2. The molecule has 0 saturated carbocycles. The first kappa shape index (κ1) is 33.6. The van der Waals surface area contributed by atoms with Gasteiger partial charge in [-0.3, -0.25) is 5.01 Å². The molecule has 0 fully saturated rings. The molecule has 6 heteroatoms. The lowest BCUT2D eigenvalue weighted by atomic mass is 9.80. The van der Waals surface area contributed by atoms with Crippen LogP contribution in [0.1, 0.15) is 91.2 Å². The minimum atomic E-state index is -0.107. The second-order valence-electron chi connectivity index (χ2n) is 14.1. The maximum absolute atomic E-state index is 9.53. The Balaban J connectivity index is 1.59. The first-order chi connectivity index (χ1) is 22.1. The van der Waals surface area contributed by atoms with Crippen LogP contribution in [-0.4, -0.2) is 35.9 Å². The summed E-state index contributed by atoms with van der Waals surface area (Å²) in [5, 5.41) is 11.2. The molecule has 0 amide bonds. The Bertz CT molecular complexity index is 1560. The van der Waals surface area contributed by atoms with Gasteiger partial charge >= 0.3 is 0 Å². The Morgan fingerprint density at radius 2 is 1.61 bits per heavy atom. The Kier molecular flexibility index (Phi) is 10.2. The van der Waals surface area contributed by atoms with Crippen molar-refractivity contribution >= 4 is 11.4 Å². The summed E-state index contributed by atoms with van der Waals surface area (Å²) >= 11 is 0. The first-order valence-corrected chi connectivity index (χ1v) is 17.2. The molecule has 0 spiro atoms. The van der Waals surface area contributed by atoms with Crippen LogP contribution in [0.25, 0.3) is 0 Å². The van der Waals surface area contributed by atoms with E-state index in [1.165, 1.54) is 39.3 Å². The fraction of sp³-hybridized carbons (Fsp3) is 0.450. The van der Waals surface area contributed by atoms with E-state index in [4.69, 9.17) is 11.6 Å². The highest BCUT2D eigenvalue weighted by molar-refractivity contribution is 5.71. The van der Waals surface area contributed by atoms with E-state index in [1.807, 2.05) is 0 Å². The molecule has 0 bridgehead atoms. The molecule has 0 radical (unpaired) electrons. The third kappa shape index (κ3) is 6.30. The van der Waals surface area contributed by atoms with E-state index in [0.717, 1.165) is 50.9 Å². The molecule has 246 valence electrons. The SMILES string of the molecule is CCCN1/C(=C/C=C2\CCCC(/C=C/C3N(CCC)c4ccccc4C3(C)C)=C2N(N)/C=C(\N)CCO)C(C)(C)c2ccccc21. The monoisotopic (exact) mass is 621 g/mol. The number of hydrogen-bond donors (Lipinski definition) is 3. The zero-order valence-electron chi connectivity index (χ0n) is 28.9. The Morgan fingerprint density at radius 1 is 0.935 bits per heavy atom. The Morgan fingerprint density at radius 3 is 2.30 bits per heavy atom. The number of hydrazine groups is 1. The summed E-state index contributed by atoms with van der Waals surface area (Å²) < 4.78 is 0. The molecule has 0 aromatic heterocycles. The highest BCUT2D eigenvalue weighted by atomic mass is 16.3. The van der Waals surface area contributed by atoms with E-state index in [1.54, 1.807) is 11.2 Å². The molecule has 1 atom stereocenters. The third-order valence-corrected chi connectivity index (χ3v) is 10.1. The van der Waals surface area contributed by atoms with Gasteiger partial charge in [-0.05, 0) is 72.6 Å². The molecule has 1 aliphatic carbocycles. The summed E-state index contributed by atoms with van der Waals surface area (Å²) in [6, 6.07) is 17.9. The maximum atomic E-state index is 9.53. The lowest BCUT2D eigenvalue weighted by molar-refractivity contribution is 0.297. The summed E-state index contributed by atoms with van der Waals surface area (Å²) in [6.07, 6.45) is 16.6. The molecule has 0 saturated heterocycles. The minimum absolute atomic E-state index is 0.00966. The van der Waals surface area contributed by atoms with Gasteiger partial charge in [-0.1, -0.05) is 96.2 Å². The van der Waals surface area contributed by atoms with Crippen LogP contribution in [0.5, 0.6) is 0 Å². The average molecular weight is 622 g/mol. The van der Waals surface area contributed by atoms with E-state index in [-0.39, 0.29) is 23.5 Å². The van der Waals surface area contributed by atoms with Gasteiger partial charge in [-0.15, -0.1) is 0 Å². The predicted molar refractivity (Wildman–Crippen MR) is 194 cm³/mol. The molecule has 2 heterocycles. The molecular formula is C40H55N5O. The van der Waals surface area contributed by atoms with Crippen LogP contribution in [0.15, 0.2) is 107 Å². The number of nitrogens with two attached hydrogens (primary N) is 2. The van der Waals surface area contributed by atoms with E-state index in [0.29, 0.717) is 12.1 Å². The van der Waals surface area contributed by atoms with Crippen LogP contribution in [0.3, 0.4) is 0 Å². The van der Waals surface area contributed by atoms with Crippen molar-refractivity contribution in [1.29, 1.82) is 0 Å². The van der Waals surface area contributed by atoms with Gasteiger partial charge < -0.3 is 20.6 Å². The second-order valence-corrected chi connectivity index (χ2v) is 14.1. The van der Waals surface area contributed by atoms with Crippen molar-refractivity contribution in [2.75, 3.05) is 29.5 Å². The highest BCUT2D eigenvalue weighted by Crippen LogP contribution is 2.48. The third-order valence-electron chi connectivity index (χ3n) is 10.1. The fourth-order valence-corrected chi connectivity index (χ4v) is 7.81. The van der Waals surface area contributed by atoms with Gasteiger partial charge in [0.25, 0.3) is 0 Å². The summed E-state index contributed by atoms with van der Waals surface area (Å²) in [4.78, 5) is 5.05. The lowest BCUT2D eigenvalue weighted by Gasteiger charge is -2.33. The summed E-state index contributed by atoms with van der Waals surface area (Å²) in [7, 11) is 0. The topological polar surface area (TPSA) is 82.0 Å². The van der Waals surface area contributed by atoms with Crippen LogP contribution in [0.4, 0.5) is 11.4 Å². The number of benzene rings is 2. The van der Waals surface area contributed by atoms with Gasteiger partial charge in [0.15, 0.2) is 0 Å². The molecule has 6 nitrogen and oxygen atoms in total. The predicted octanol–water partition coefficient (Wildman–Crippen LogP) is 7.93. The molecule has 5 N–H and O–H groups in total. The zero-order chi connectivity index (χ0) is 33.1. The molecule has 46 heavy (non-hydrogen) atoms. The average Bonchev–Trinajstić information content (AvgIpc) is 3.38. The van der Waals surface area contributed by atoms with E-state index in [9.17, 15) is 5.11 Å². The Labute approximate surface area is 277 Å². The maximum Gasteiger partial charge on any atom is 0.0632 e. The highest BCUT2D eigenvalue weighted by Gasteiger charge is 2.43. The summed E-state index contributed by atoms with van der Waals surface area (Å²) in [6.45, 7) is 15.9. The number of aliphatic hydroxyl groups excluding tert-OH is 1. The van der Waals surface area contributed by atoms with Crippen molar-refractivity contribution in [3.63, 3.8) is 0 Å². The number of anilines is 2. The lowest BCUT2D eigenvalue weighted by Crippen LogP contribution is -2.40. The molecule has 2 aromatic rings. The molecule has 3 aliphatic rings. The number of rotatable bonds is 11. The standard InChI is InChI=1S/C40H55N5O/c1-7-25-43-34-18-11-9-16-32(34)39(3,4)36(43)22-20-29-14-13-15-30(38(29)45(42)28-31(41)24-27-46)21-23-37-40(5,6)33-17-10-12-19-35(33)44(37)26-8-2/h9-12,16-23,28,36,46H,7-8,13-15,24-27,41-42H2,1-6H3/b22-20+,30-21+,31-28-,37-23+.